The van der Waals surface area contributed by atoms with Gasteiger partial charge in [0.15, 0.2) is 0 Å². The van der Waals surface area contributed by atoms with Crippen LogP contribution in [0.25, 0.3) is 5.57 Å². The summed E-state index contributed by atoms with van der Waals surface area (Å²) in [6.45, 7) is 0. The topological polar surface area (TPSA) is 44.0 Å². The highest BCUT2D eigenvalue weighted by atomic mass is 16.3. The van der Waals surface area contributed by atoms with Crippen LogP contribution in [0.1, 0.15) is 17.5 Å². The fraction of sp³-hybridized carbons (Fsp3) is 0.182. The second-order valence-corrected chi connectivity index (χ2v) is 3.11. The van der Waals surface area contributed by atoms with Gasteiger partial charge in [-0.15, -0.1) is 0 Å². The number of benzene rings is 1. The van der Waals surface area contributed by atoms with Gasteiger partial charge >= 0.3 is 0 Å². The molecule has 2 nitrogen and oxygen atoms in total. The standard InChI is InChI=1S/C11H9NO/c12-6-5-9-2-1-8-3-4-10(13)7-11(8)9/h2-4,7,13H,1,5H2. The van der Waals surface area contributed by atoms with Crippen LogP contribution in [-0.2, 0) is 6.42 Å². The summed E-state index contributed by atoms with van der Waals surface area (Å²) in [4.78, 5) is 0. The van der Waals surface area contributed by atoms with Crippen LogP contribution >= 0.6 is 0 Å². The molecule has 1 N–H and O–H groups in total. The molecule has 0 fully saturated rings. The Kier molecular flexibility index (Phi) is 1.79. The van der Waals surface area contributed by atoms with Gasteiger partial charge in [-0.2, -0.15) is 5.26 Å². The lowest BCUT2D eigenvalue weighted by atomic mass is 10.0. The lowest BCUT2D eigenvalue weighted by Crippen LogP contribution is -1.83. The van der Waals surface area contributed by atoms with E-state index < -0.39 is 0 Å². The zero-order chi connectivity index (χ0) is 9.26. The van der Waals surface area contributed by atoms with Gasteiger partial charge in [-0.25, -0.2) is 0 Å². The molecule has 0 atom stereocenters. The van der Waals surface area contributed by atoms with E-state index in [0.29, 0.717) is 6.42 Å². The van der Waals surface area contributed by atoms with Crippen molar-refractivity contribution in [2.45, 2.75) is 12.8 Å². The third-order valence-corrected chi connectivity index (χ3v) is 2.28. The molecule has 0 aromatic heterocycles. The predicted molar refractivity (Wildman–Crippen MR) is 50.0 cm³/mol. The smallest absolute Gasteiger partial charge is 0.116 e. The molecular formula is C11H9NO. The Balaban J connectivity index is 2.43. The van der Waals surface area contributed by atoms with E-state index in [1.807, 2.05) is 12.1 Å². The van der Waals surface area contributed by atoms with Crippen molar-refractivity contribution in [3.63, 3.8) is 0 Å². The number of rotatable bonds is 1. The van der Waals surface area contributed by atoms with Crippen LogP contribution in [0.3, 0.4) is 0 Å². The molecule has 0 saturated heterocycles. The average Bonchev–Trinajstić information content (AvgIpc) is 2.49. The number of phenolic OH excluding ortho intramolecular Hbond substituents is 1. The molecule has 2 heteroatoms. The van der Waals surface area contributed by atoms with E-state index in [-0.39, 0.29) is 5.75 Å². The summed E-state index contributed by atoms with van der Waals surface area (Å²) < 4.78 is 0. The minimum atomic E-state index is 0.268. The molecule has 1 aromatic carbocycles. The highest BCUT2D eigenvalue weighted by molar-refractivity contribution is 5.75. The first kappa shape index (κ1) is 7.88. The lowest BCUT2D eigenvalue weighted by molar-refractivity contribution is 0.475. The van der Waals surface area contributed by atoms with Gasteiger partial charge in [-0.05, 0) is 35.3 Å². The van der Waals surface area contributed by atoms with Crippen molar-refractivity contribution in [3.05, 3.63) is 35.4 Å². The van der Waals surface area contributed by atoms with E-state index in [2.05, 4.69) is 6.07 Å². The quantitative estimate of drug-likeness (QED) is 0.704. The molecule has 0 bridgehead atoms. The lowest BCUT2D eigenvalue weighted by Gasteiger charge is -2.02. The fourth-order valence-electron chi connectivity index (χ4n) is 1.64. The molecule has 64 valence electrons. The third kappa shape index (κ3) is 1.29. The van der Waals surface area contributed by atoms with Gasteiger partial charge in [0.05, 0.1) is 12.5 Å². The summed E-state index contributed by atoms with van der Waals surface area (Å²) in [5.74, 6) is 0.268. The van der Waals surface area contributed by atoms with E-state index >= 15 is 0 Å². The molecule has 0 unspecified atom stereocenters. The summed E-state index contributed by atoms with van der Waals surface area (Å²) >= 11 is 0. The Hall–Kier alpha value is -1.75. The van der Waals surface area contributed by atoms with Crippen molar-refractivity contribution >= 4 is 5.57 Å². The molecule has 2 rings (SSSR count). The Morgan fingerprint density at radius 2 is 2.31 bits per heavy atom. The highest BCUT2D eigenvalue weighted by Crippen LogP contribution is 2.31. The fourth-order valence-corrected chi connectivity index (χ4v) is 1.64. The number of fused-ring (bicyclic) bond motifs is 1. The van der Waals surface area contributed by atoms with Gasteiger partial charge in [0.1, 0.15) is 5.75 Å². The molecule has 1 aliphatic rings. The second-order valence-electron chi connectivity index (χ2n) is 3.11. The van der Waals surface area contributed by atoms with E-state index in [1.165, 1.54) is 5.56 Å². The van der Waals surface area contributed by atoms with Crippen LogP contribution in [0.15, 0.2) is 24.3 Å². The summed E-state index contributed by atoms with van der Waals surface area (Å²) in [6, 6.07) is 7.44. The summed E-state index contributed by atoms with van der Waals surface area (Å²) in [5.41, 5.74) is 3.26. The van der Waals surface area contributed by atoms with E-state index in [0.717, 1.165) is 17.6 Å². The maximum atomic E-state index is 9.27. The van der Waals surface area contributed by atoms with Crippen LogP contribution in [0, 0.1) is 11.3 Å². The minimum absolute atomic E-state index is 0.268. The van der Waals surface area contributed by atoms with Gasteiger partial charge < -0.3 is 5.11 Å². The van der Waals surface area contributed by atoms with Crippen LogP contribution < -0.4 is 0 Å². The first-order valence-corrected chi connectivity index (χ1v) is 4.19. The molecule has 1 aliphatic carbocycles. The first-order chi connectivity index (χ1) is 6.31. The molecule has 0 aliphatic heterocycles. The van der Waals surface area contributed by atoms with Gasteiger partial charge in [0.25, 0.3) is 0 Å². The van der Waals surface area contributed by atoms with E-state index in [1.54, 1.807) is 12.1 Å². The molecule has 0 spiro atoms. The molecule has 0 radical (unpaired) electrons. The second kappa shape index (κ2) is 2.95. The molecule has 0 saturated carbocycles. The van der Waals surface area contributed by atoms with Crippen molar-refractivity contribution in [3.8, 4) is 11.8 Å². The Bertz CT molecular complexity index is 413. The summed E-state index contributed by atoms with van der Waals surface area (Å²) in [7, 11) is 0. The summed E-state index contributed by atoms with van der Waals surface area (Å²) in [6.07, 6.45) is 3.36. The third-order valence-electron chi connectivity index (χ3n) is 2.28. The molecule has 0 amide bonds. The number of nitriles is 1. The van der Waals surface area contributed by atoms with Crippen molar-refractivity contribution < 1.29 is 5.11 Å². The largest absolute Gasteiger partial charge is 0.508 e. The van der Waals surface area contributed by atoms with Crippen molar-refractivity contribution in [2.24, 2.45) is 0 Å². The predicted octanol–water partition coefficient (Wildman–Crippen LogP) is 2.25. The van der Waals surface area contributed by atoms with Gasteiger partial charge in [0.2, 0.25) is 0 Å². The zero-order valence-corrected chi connectivity index (χ0v) is 7.12. The minimum Gasteiger partial charge on any atom is -0.508 e. The molecule has 0 heterocycles. The maximum absolute atomic E-state index is 9.27. The van der Waals surface area contributed by atoms with E-state index in [9.17, 15) is 5.11 Å². The SMILES string of the molecule is N#CCC1=CCc2ccc(O)cc21. The summed E-state index contributed by atoms with van der Waals surface area (Å²) in [5, 5.41) is 17.8. The van der Waals surface area contributed by atoms with Gasteiger partial charge in [0, 0.05) is 0 Å². The number of nitrogens with zero attached hydrogens (tertiary/aromatic N) is 1. The molecular weight excluding hydrogens is 162 g/mol. The number of allylic oxidation sites excluding steroid dienone is 2. The van der Waals surface area contributed by atoms with Crippen LogP contribution in [0.2, 0.25) is 0 Å². The van der Waals surface area contributed by atoms with Crippen LogP contribution in [0.4, 0.5) is 0 Å². The molecule has 1 aromatic rings. The first-order valence-electron chi connectivity index (χ1n) is 4.19. The van der Waals surface area contributed by atoms with Crippen molar-refractivity contribution in [2.75, 3.05) is 0 Å². The zero-order valence-electron chi connectivity index (χ0n) is 7.12. The van der Waals surface area contributed by atoms with E-state index in [4.69, 9.17) is 5.26 Å². The average molecular weight is 171 g/mol. The van der Waals surface area contributed by atoms with Crippen molar-refractivity contribution in [1.29, 1.82) is 5.26 Å². The number of hydrogen-bond donors (Lipinski definition) is 1. The highest BCUT2D eigenvalue weighted by Gasteiger charge is 2.13. The Morgan fingerprint density at radius 1 is 1.46 bits per heavy atom. The number of aromatic hydroxyl groups is 1. The van der Waals surface area contributed by atoms with Crippen LogP contribution in [-0.4, -0.2) is 5.11 Å². The van der Waals surface area contributed by atoms with Gasteiger partial charge in [-0.3, -0.25) is 0 Å². The van der Waals surface area contributed by atoms with Crippen LogP contribution in [0.5, 0.6) is 5.75 Å². The van der Waals surface area contributed by atoms with Crippen molar-refractivity contribution in [1.82, 2.24) is 0 Å². The Labute approximate surface area is 76.7 Å². The Morgan fingerprint density at radius 3 is 3.08 bits per heavy atom. The maximum Gasteiger partial charge on any atom is 0.116 e. The number of hydrogen-bond acceptors (Lipinski definition) is 2. The van der Waals surface area contributed by atoms with Gasteiger partial charge in [-0.1, -0.05) is 12.1 Å². The monoisotopic (exact) mass is 171 g/mol. The number of phenols is 1. The molecule has 13 heavy (non-hydrogen) atoms. The normalized spacial score (nSPS) is 13.3.